The standard InChI is InChI=1S/C15H14N4O2/c1-15(14(20)21)6-7-19(9-15)13-10-4-2-3-5-11(10)17-18-12(13)8-16/h2-5H,6-7,9H2,1H3,(H,20,21). The van der Waals surface area contributed by atoms with Crippen LogP contribution in [0.1, 0.15) is 19.0 Å². The fourth-order valence-corrected chi connectivity index (χ4v) is 2.76. The quantitative estimate of drug-likeness (QED) is 0.903. The molecule has 0 radical (unpaired) electrons. The molecule has 1 saturated heterocycles. The van der Waals surface area contributed by atoms with E-state index in [4.69, 9.17) is 0 Å². The molecule has 2 heterocycles. The van der Waals surface area contributed by atoms with Crippen molar-refractivity contribution in [3.8, 4) is 6.07 Å². The first-order chi connectivity index (χ1) is 10.0. The van der Waals surface area contributed by atoms with Gasteiger partial charge in [0.15, 0.2) is 5.69 Å². The van der Waals surface area contributed by atoms with E-state index in [0.717, 1.165) is 5.39 Å². The number of anilines is 1. The van der Waals surface area contributed by atoms with Crippen molar-refractivity contribution in [2.75, 3.05) is 18.0 Å². The van der Waals surface area contributed by atoms with Crippen molar-refractivity contribution < 1.29 is 9.90 Å². The number of carboxylic acid groups (broad SMARTS) is 1. The first kappa shape index (κ1) is 13.3. The highest BCUT2D eigenvalue weighted by atomic mass is 16.4. The maximum Gasteiger partial charge on any atom is 0.311 e. The third-order valence-corrected chi connectivity index (χ3v) is 4.05. The van der Waals surface area contributed by atoms with Crippen LogP contribution in [0.4, 0.5) is 5.69 Å². The van der Waals surface area contributed by atoms with Crippen molar-refractivity contribution in [3.05, 3.63) is 30.0 Å². The second-order valence-corrected chi connectivity index (χ2v) is 5.56. The van der Waals surface area contributed by atoms with E-state index >= 15 is 0 Å². The van der Waals surface area contributed by atoms with Crippen molar-refractivity contribution in [1.82, 2.24) is 10.2 Å². The smallest absolute Gasteiger partial charge is 0.311 e. The van der Waals surface area contributed by atoms with Gasteiger partial charge in [-0.25, -0.2) is 0 Å². The van der Waals surface area contributed by atoms with Gasteiger partial charge in [0.2, 0.25) is 0 Å². The van der Waals surface area contributed by atoms with Crippen molar-refractivity contribution in [2.45, 2.75) is 13.3 Å². The molecule has 3 rings (SSSR count). The Balaban J connectivity index is 2.13. The van der Waals surface area contributed by atoms with Gasteiger partial charge in [0, 0.05) is 18.5 Å². The number of benzene rings is 1. The van der Waals surface area contributed by atoms with Crippen LogP contribution in [0.2, 0.25) is 0 Å². The van der Waals surface area contributed by atoms with Crippen LogP contribution in [0.15, 0.2) is 24.3 Å². The van der Waals surface area contributed by atoms with E-state index in [2.05, 4.69) is 16.3 Å². The minimum Gasteiger partial charge on any atom is -0.481 e. The summed E-state index contributed by atoms with van der Waals surface area (Å²) in [6, 6.07) is 9.51. The van der Waals surface area contributed by atoms with Gasteiger partial charge in [-0.05, 0) is 19.4 Å². The van der Waals surface area contributed by atoms with E-state index in [-0.39, 0.29) is 5.69 Å². The van der Waals surface area contributed by atoms with Crippen LogP contribution in [0, 0.1) is 16.7 Å². The number of nitriles is 1. The zero-order valence-corrected chi connectivity index (χ0v) is 11.6. The molecule has 1 N–H and O–H groups in total. The molecule has 1 aliphatic rings. The number of rotatable bonds is 2. The first-order valence-electron chi connectivity index (χ1n) is 6.69. The molecule has 1 aliphatic heterocycles. The van der Waals surface area contributed by atoms with Gasteiger partial charge in [0.25, 0.3) is 0 Å². The Kier molecular flexibility index (Phi) is 2.98. The monoisotopic (exact) mass is 282 g/mol. The average Bonchev–Trinajstić information content (AvgIpc) is 2.89. The summed E-state index contributed by atoms with van der Waals surface area (Å²) in [5, 5.41) is 27.5. The first-order valence-corrected chi connectivity index (χ1v) is 6.69. The number of hydrogen-bond acceptors (Lipinski definition) is 5. The molecule has 1 atom stereocenters. The summed E-state index contributed by atoms with van der Waals surface area (Å²) in [5.74, 6) is -0.810. The van der Waals surface area contributed by atoms with Crippen molar-refractivity contribution in [1.29, 1.82) is 5.26 Å². The third-order valence-electron chi connectivity index (χ3n) is 4.05. The lowest BCUT2D eigenvalue weighted by atomic mass is 9.90. The SMILES string of the molecule is CC1(C(=O)O)CCN(c2c(C#N)nnc3ccccc23)C1. The Labute approximate surface area is 121 Å². The lowest BCUT2D eigenvalue weighted by molar-refractivity contribution is -0.146. The zero-order chi connectivity index (χ0) is 15.0. The predicted molar refractivity (Wildman–Crippen MR) is 76.8 cm³/mol. The Hall–Kier alpha value is -2.68. The van der Waals surface area contributed by atoms with E-state index in [1.54, 1.807) is 6.92 Å². The van der Waals surface area contributed by atoms with Crippen LogP contribution < -0.4 is 4.90 Å². The van der Waals surface area contributed by atoms with Gasteiger partial charge in [-0.2, -0.15) is 5.26 Å². The highest BCUT2D eigenvalue weighted by Crippen LogP contribution is 2.37. The van der Waals surface area contributed by atoms with Crippen molar-refractivity contribution >= 4 is 22.6 Å². The molecular formula is C15H14N4O2. The molecule has 21 heavy (non-hydrogen) atoms. The molecule has 1 fully saturated rings. The summed E-state index contributed by atoms with van der Waals surface area (Å²) in [4.78, 5) is 13.3. The Bertz CT molecular complexity index is 768. The Morgan fingerprint density at radius 2 is 2.19 bits per heavy atom. The van der Waals surface area contributed by atoms with Crippen LogP contribution >= 0.6 is 0 Å². The van der Waals surface area contributed by atoms with Gasteiger partial charge in [0.05, 0.1) is 16.6 Å². The van der Waals surface area contributed by atoms with Crippen LogP contribution in [0.25, 0.3) is 10.9 Å². The summed E-state index contributed by atoms with van der Waals surface area (Å²) >= 11 is 0. The zero-order valence-electron chi connectivity index (χ0n) is 11.6. The molecule has 2 aromatic rings. The highest BCUT2D eigenvalue weighted by Gasteiger charge is 2.41. The second-order valence-electron chi connectivity index (χ2n) is 5.56. The number of nitrogens with zero attached hydrogens (tertiary/aromatic N) is 4. The molecule has 106 valence electrons. The molecule has 6 nitrogen and oxygen atoms in total. The lowest BCUT2D eigenvalue weighted by Crippen LogP contribution is -2.32. The molecule has 0 aliphatic carbocycles. The van der Waals surface area contributed by atoms with Gasteiger partial charge in [-0.3, -0.25) is 4.79 Å². The summed E-state index contributed by atoms with van der Waals surface area (Å²) in [7, 11) is 0. The van der Waals surface area contributed by atoms with Crippen molar-refractivity contribution in [2.24, 2.45) is 5.41 Å². The summed E-state index contributed by atoms with van der Waals surface area (Å²) in [5.41, 5.74) is 0.837. The van der Waals surface area contributed by atoms with E-state index in [1.807, 2.05) is 29.2 Å². The lowest BCUT2D eigenvalue weighted by Gasteiger charge is -2.23. The Morgan fingerprint density at radius 1 is 1.43 bits per heavy atom. The van der Waals surface area contributed by atoms with Gasteiger partial charge in [0.1, 0.15) is 6.07 Å². The molecule has 1 aromatic carbocycles. The minimum absolute atomic E-state index is 0.239. The van der Waals surface area contributed by atoms with Gasteiger partial charge >= 0.3 is 5.97 Å². The number of aromatic nitrogens is 2. The van der Waals surface area contributed by atoms with E-state index in [9.17, 15) is 15.2 Å². The summed E-state index contributed by atoms with van der Waals surface area (Å²) < 4.78 is 0. The fourth-order valence-electron chi connectivity index (χ4n) is 2.76. The van der Waals surface area contributed by atoms with E-state index in [1.165, 1.54) is 0 Å². The van der Waals surface area contributed by atoms with E-state index in [0.29, 0.717) is 30.7 Å². The van der Waals surface area contributed by atoms with Crippen LogP contribution in [0.5, 0.6) is 0 Å². The number of aliphatic carboxylic acids is 1. The fraction of sp³-hybridized carbons (Fsp3) is 0.333. The molecule has 0 amide bonds. The molecule has 0 bridgehead atoms. The van der Waals surface area contributed by atoms with Gasteiger partial charge in [-0.1, -0.05) is 18.2 Å². The molecule has 1 aromatic heterocycles. The topological polar surface area (TPSA) is 90.1 Å². The number of hydrogen-bond donors (Lipinski definition) is 1. The number of carbonyl (C=O) groups is 1. The summed E-state index contributed by atoms with van der Waals surface area (Å²) in [6.07, 6.45) is 0.545. The summed E-state index contributed by atoms with van der Waals surface area (Å²) in [6.45, 7) is 2.69. The highest BCUT2D eigenvalue weighted by molar-refractivity contribution is 5.94. The molecule has 0 spiro atoms. The molecule has 1 unspecified atom stereocenters. The average molecular weight is 282 g/mol. The molecular weight excluding hydrogens is 268 g/mol. The van der Waals surface area contributed by atoms with Crippen LogP contribution in [-0.4, -0.2) is 34.4 Å². The third kappa shape index (κ3) is 2.07. The molecule has 0 saturated carbocycles. The normalized spacial score (nSPS) is 21.4. The Morgan fingerprint density at radius 3 is 2.86 bits per heavy atom. The van der Waals surface area contributed by atoms with E-state index < -0.39 is 11.4 Å². The van der Waals surface area contributed by atoms with Crippen LogP contribution in [0.3, 0.4) is 0 Å². The number of carboxylic acids is 1. The minimum atomic E-state index is -0.810. The van der Waals surface area contributed by atoms with Crippen molar-refractivity contribution in [3.63, 3.8) is 0 Å². The van der Waals surface area contributed by atoms with Crippen LogP contribution in [-0.2, 0) is 4.79 Å². The molecule has 6 heteroatoms. The number of fused-ring (bicyclic) bond motifs is 1. The van der Waals surface area contributed by atoms with Gasteiger partial charge in [-0.15, -0.1) is 10.2 Å². The van der Waals surface area contributed by atoms with Gasteiger partial charge < -0.3 is 10.0 Å². The second kappa shape index (κ2) is 4.70. The largest absolute Gasteiger partial charge is 0.481 e. The maximum atomic E-state index is 11.4. The maximum absolute atomic E-state index is 11.4. The predicted octanol–water partition coefficient (Wildman–Crippen LogP) is 1.80.